The number of fused-ring (bicyclic) bond motifs is 2. The molecule has 4 aromatic rings. The minimum atomic E-state index is -1.10. The molecule has 5 nitrogen and oxygen atoms in total. The first-order valence-electron chi connectivity index (χ1n) is 12.6. The lowest BCUT2D eigenvalue weighted by atomic mass is 9.77. The van der Waals surface area contributed by atoms with E-state index in [-0.39, 0.29) is 5.41 Å². The largest absolute Gasteiger partial charge is 0.361 e. The first-order chi connectivity index (χ1) is 16.9. The Balaban J connectivity index is 1.44. The van der Waals surface area contributed by atoms with Gasteiger partial charge in [0.15, 0.2) is 0 Å². The summed E-state index contributed by atoms with van der Waals surface area (Å²) in [6.45, 7) is 9.38. The Morgan fingerprint density at radius 3 is 2.49 bits per heavy atom. The lowest BCUT2D eigenvalue weighted by molar-refractivity contribution is 0.0899. The van der Waals surface area contributed by atoms with Gasteiger partial charge in [-0.3, -0.25) is 0 Å². The Bertz CT molecular complexity index is 1300. The van der Waals surface area contributed by atoms with E-state index < -0.39 is 8.07 Å². The molecule has 0 bridgehead atoms. The smallest absolute Gasteiger partial charge is 0.145 e. The fourth-order valence-electron chi connectivity index (χ4n) is 5.34. The standard InChI is InChI=1S/C29H36N4OSi/c1-30-19-29(17-23-8-5-6-9-24(23)18-29)25-11-7-10-22(16-25)27-26-12-13-33(28(26)32-20-31-27)21-34-14-15-35(2,3)4/h5-13,16,20,30H,14-15,17-19,21H2,1-4H3. The predicted molar refractivity (Wildman–Crippen MR) is 147 cm³/mol. The van der Waals surface area contributed by atoms with Crippen LogP contribution in [0.25, 0.3) is 22.3 Å². The Morgan fingerprint density at radius 2 is 1.77 bits per heavy atom. The van der Waals surface area contributed by atoms with Gasteiger partial charge in [-0.2, -0.15) is 0 Å². The second kappa shape index (κ2) is 9.68. The third-order valence-electron chi connectivity index (χ3n) is 7.22. The van der Waals surface area contributed by atoms with Gasteiger partial charge in [-0.05, 0) is 54.8 Å². The van der Waals surface area contributed by atoms with Crippen molar-refractivity contribution in [2.24, 2.45) is 0 Å². The van der Waals surface area contributed by atoms with Crippen molar-refractivity contribution in [1.29, 1.82) is 0 Å². The van der Waals surface area contributed by atoms with E-state index in [1.165, 1.54) is 16.7 Å². The van der Waals surface area contributed by atoms with Gasteiger partial charge in [0.2, 0.25) is 0 Å². The van der Waals surface area contributed by atoms with E-state index in [2.05, 4.69) is 102 Å². The van der Waals surface area contributed by atoms with Crippen LogP contribution in [0, 0.1) is 0 Å². The summed E-state index contributed by atoms with van der Waals surface area (Å²) in [5.41, 5.74) is 7.38. The highest BCUT2D eigenvalue weighted by molar-refractivity contribution is 6.76. The number of nitrogens with zero attached hydrogens (tertiary/aromatic N) is 3. The summed E-state index contributed by atoms with van der Waals surface area (Å²) in [7, 11) is 0.952. The molecule has 2 aromatic heterocycles. The van der Waals surface area contributed by atoms with Crippen molar-refractivity contribution in [1.82, 2.24) is 19.9 Å². The molecule has 0 saturated carbocycles. The maximum absolute atomic E-state index is 6.00. The summed E-state index contributed by atoms with van der Waals surface area (Å²) in [6, 6.07) is 21.1. The third-order valence-corrected chi connectivity index (χ3v) is 8.93. The van der Waals surface area contributed by atoms with Crippen molar-refractivity contribution in [3.05, 3.63) is 83.8 Å². The number of rotatable bonds is 9. The molecule has 0 fully saturated rings. The van der Waals surface area contributed by atoms with Crippen molar-refractivity contribution in [2.75, 3.05) is 20.2 Å². The van der Waals surface area contributed by atoms with Crippen LogP contribution in [0.4, 0.5) is 0 Å². The van der Waals surface area contributed by atoms with E-state index in [0.717, 1.165) is 54.3 Å². The van der Waals surface area contributed by atoms with Gasteiger partial charge in [0, 0.05) is 43.8 Å². The van der Waals surface area contributed by atoms with E-state index in [4.69, 9.17) is 9.72 Å². The zero-order valence-electron chi connectivity index (χ0n) is 21.3. The van der Waals surface area contributed by atoms with Crippen molar-refractivity contribution in [3.63, 3.8) is 0 Å². The van der Waals surface area contributed by atoms with Gasteiger partial charge in [0.1, 0.15) is 18.7 Å². The van der Waals surface area contributed by atoms with Crippen molar-refractivity contribution >= 4 is 19.1 Å². The van der Waals surface area contributed by atoms with Crippen LogP contribution in [0.3, 0.4) is 0 Å². The van der Waals surface area contributed by atoms with Crippen molar-refractivity contribution in [3.8, 4) is 11.3 Å². The number of benzene rings is 2. The topological polar surface area (TPSA) is 52.0 Å². The zero-order valence-corrected chi connectivity index (χ0v) is 22.3. The van der Waals surface area contributed by atoms with Crippen LogP contribution in [0.5, 0.6) is 0 Å². The molecule has 182 valence electrons. The Morgan fingerprint density at radius 1 is 1.00 bits per heavy atom. The van der Waals surface area contributed by atoms with Gasteiger partial charge in [-0.15, -0.1) is 0 Å². The highest BCUT2D eigenvalue weighted by atomic mass is 28.3. The lowest BCUT2D eigenvalue weighted by Crippen LogP contribution is -2.37. The Kier molecular flexibility index (Phi) is 6.62. The second-order valence-corrected chi connectivity index (χ2v) is 16.7. The highest BCUT2D eigenvalue weighted by Crippen LogP contribution is 2.41. The molecule has 35 heavy (non-hydrogen) atoms. The third kappa shape index (κ3) is 4.96. The number of ether oxygens (including phenoxy) is 1. The number of likely N-dealkylation sites (N-methyl/N-ethyl adjacent to an activating group) is 1. The van der Waals surface area contributed by atoms with E-state index in [1.807, 2.05) is 0 Å². The quantitative estimate of drug-likeness (QED) is 0.246. The minimum Gasteiger partial charge on any atom is -0.361 e. The molecule has 0 amide bonds. The van der Waals surface area contributed by atoms with Gasteiger partial charge in [0.25, 0.3) is 0 Å². The molecule has 1 aliphatic rings. The van der Waals surface area contributed by atoms with Gasteiger partial charge >= 0.3 is 0 Å². The van der Waals surface area contributed by atoms with Crippen molar-refractivity contribution in [2.45, 2.75) is 50.7 Å². The van der Waals surface area contributed by atoms with Crippen molar-refractivity contribution < 1.29 is 4.74 Å². The van der Waals surface area contributed by atoms with Gasteiger partial charge < -0.3 is 14.6 Å². The van der Waals surface area contributed by atoms with Gasteiger partial charge in [0.05, 0.1) is 5.69 Å². The molecule has 1 N–H and O–H groups in total. The first-order valence-corrected chi connectivity index (χ1v) is 16.3. The van der Waals surface area contributed by atoms with Crippen LogP contribution in [-0.4, -0.2) is 42.8 Å². The molecule has 2 heterocycles. The van der Waals surface area contributed by atoms with Gasteiger partial charge in [-0.25, -0.2) is 9.97 Å². The molecule has 1 aliphatic carbocycles. The fourth-order valence-corrected chi connectivity index (χ4v) is 6.10. The van der Waals surface area contributed by atoms with Crippen LogP contribution < -0.4 is 5.32 Å². The van der Waals surface area contributed by atoms with Crippen LogP contribution in [0.1, 0.15) is 16.7 Å². The molecule has 0 aliphatic heterocycles. The number of nitrogens with one attached hydrogen (secondary N) is 1. The maximum Gasteiger partial charge on any atom is 0.145 e. The average molecular weight is 485 g/mol. The zero-order chi connectivity index (χ0) is 24.5. The molecular formula is C29H36N4OSi. The number of hydrogen-bond acceptors (Lipinski definition) is 4. The SMILES string of the molecule is CNCC1(c2cccc(-c3ncnc4c3ccn4COCC[Si](C)(C)C)c2)Cc2ccccc2C1. The molecule has 0 unspecified atom stereocenters. The summed E-state index contributed by atoms with van der Waals surface area (Å²) < 4.78 is 8.08. The van der Waals surface area contributed by atoms with E-state index in [0.29, 0.717) is 6.73 Å². The van der Waals surface area contributed by atoms with Crippen LogP contribution in [0.15, 0.2) is 67.1 Å². The predicted octanol–water partition coefficient (Wildman–Crippen LogP) is 5.67. The number of hydrogen-bond donors (Lipinski definition) is 1. The van der Waals surface area contributed by atoms with E-state index in [1.54, 1.807) is 6.33 Å². The molecule has 0 spiro atoms. The number of aromatic nitrogens is 3. The second-order valence-electron chi connectivity index (χ2n) is 11.1. The molecule has 6 heteroatoms. The average Bonchev–Trinajstić information content (AvgIpc) is 3.43. The Labute approximate surface area is 209 Å². The molecular weight excluding hydrogens is 448 g/mol. The van der Waals surface area contributed by atoms with Gasteiger partial charge in [-0.1, -0.05) is 62.1 Å². The summed E-state index contributed by atoms with van der Waals surface area (Å²) >= 11 is 0. The van der Waals surface area contributed by atoms with Crippen LogP contribution in [0.2, 0.25) is 25.7 Å². The summed E-state index contributed by atoms with van der Waals surface area (Å²) in [6.07, 6.45) is 5.85. The lowest BCUT2D eigenvalue weighted by Gasteiger charge is -2.30. The summed E-state index contributed by atoms with van der Waals surface area (Å²) in [5.74, 6) is 0. The highest BCUT2D eigenvalue weighted by Gasteiger charge is 2.38. The fraction of sp³-hybridized carbons (Fsp3) is 0.379. The molecule has 5 rings (SSSR count). The molecule has 0 atom stereocenters. The summed E-state index contributed by atoms with van der Waals surface area (Å²) in [5, 5.41) is 4.53. The molecule has 2 aromatic carbocycles. The molecule has 0 radical (unpaired) electrons. The monoisotopic (exact) mass is 484 g/mol. The first kappa shape index (κ1) is 23.9. The summed E-state index contributed by atoms with van der Waals surface area (Å²) in [4.78, 5) is 9.32. The van der Waals surface area contributed by atoms with Crippen LogP contribution in [-0.2, 0) is 29.7 Å². The van der Waals surface area contributed by atoms with Crippen LogP contribution >= 0.6 is 0 Å². The molecule has 0 saturated heterocycles. The van der Waals surface area contributed by atoms with E-state index in [9.17, 15) is 0 Å². The Hall–Kier alpha value is -2.80. The normalized spacial score (nSPS) is 15.0. The minimum absolute atomic E-state index is 0.0523. The van der Waals surface area contributed by atoms with E-state index >= 15 is 0 Å². The maximum atomic E-state index is 6.00.